The number of aromatic nitrogens is 2. The van der Waals surface area contributed by atoms with Crippen LogP contribution >= 0.6 is 35.2 Å². The lowest BCUT2D eigenvalue weighted by Crippen LogP contribution is -2.21. The molecule has 0 aliphatic heterocycles. The minimum absolute atomic E-state index is 0.287. The number of nitrogens with one attached hydrogen (secondary N) is 2. The Labute approximate surface area is 208 Å². The number of benzene rings is 1. The van der Waals surface area contributed by atoms with E-state index in [2.05, 4.69) is 15.7 Å². The van der Waals surface area contributed by atoms with E-state index >= 15 is 0 Å². The van der Waals surface area contributed by atoms with E-state index in [4.69, 9.17) is 28.6 Å². The number of nitrogens with zero attached hydrogens (tertiary/aromatic N) is 2. The predicted octanol–water partition coefficient (Wildman–Crippen LogP) is 6.29. The lowest BCUT2D eigenvalue weighted by atomic mass is 9.96. The highest BCUT2D eigenvalue weighted by molar-refractivity contribution is 7.80. The quantitative estimate of drug-likeness (QED) is 0.305. The fourth-order valence-corrected chi connectivity index (χ4v) is 5.74. The van der Waals surface area contributed by atoms with Gasteiger partial charge in [-0.05, 0) is 62.0 Å². The highest BCUT2D eigenvalue weighted by atomic mass is 35.5. The number of thiocarbonyl (C=S) groups is 1. The van der Waals surface area contributed by atoms with Crippen LogP contribution in [0, 0.1) is 0 Å². The fraction of sp³-hybridized carbons (Fsp3) is 0.375. The molecule has 0 atom stereocenters. The Hall–Kier alpha value is -2.42. The van der Waals surface area contributed by atoms with Crippen molar-refractivity contribution in [1.82, 2.24) is 9.78 Å². The molecule has 4 rings (SSSR count). The monoisotopic (exact) mass is 502 g/mol. The Balaban J connectivity index is 1.48. The molecule has 0 saturated heterocycles. The van der Waals surface area contributed by atoms with Crippen molar-refractivity contribution >= 4 is 57.1 Å². The standard InChI is InChI=1S/C24H27ClN4O2S2/c1-2-31-23(30)21-17-10-5-3-4-6-12-19(17)33-22(21)27-24(32)26-20-13-14-29(28-20)15-16-9-7-8-11-18(16)25/h7-9,11,13-14H,2-6,10,12,15H2,1H3,(H2,26,27,28,32). The fourth-order valence-electron chi connectivity index (χ4n) is 3.99. The summed E-state index contributed by atoms with van der Waals surface area (Å²) in [5.41, 5.74) is 2.74. The number of thiophene rings is 1. The predicted molar refractivity (Wildman–Crippen MR) is 139 cm³/mol. The first-order chi connectivity index (χ1) is 16.0. The van der Waals surface area contributed by atoms with E-state index in [0.717, 1.165) is 41.8 Å². The molecule has 3 aromatic rings. The number of esters is 1. The molecule has 1 aromatic carbocycles. The molecule has 0 bridgehead atoms. The van der Waals surface area contributed by atoms with Gasteiger partial charge in [0.2, 0.25) is 0 Å². The van der Waals surface area contributed by atoms with E-state index in [1.54, 1.807) is 16.0 Å². The van der Waals surface area contributed by atoms with E-state index in [1.165, 1.54) is 17.7 Å². The highest BCUT2D eigenvalue weighted by Crippen LogP contribution is 2.37. The summed E-state index contributed by atoms with van der Waals surface area (Å²) < 4.78 is 7.17. The second-order valence-corrected chi connectivity index (χ2v) is 9.83. The van der Waals surface area contributed by atoms with Gasteiger partial charge in [-0.2, -0.15) is 5.10 Å². The average Bonchev–Trinajstić information content (AvgIpc) is 3.33. The summed E-state index contributed by atoms with van der Waals surface area (Å²) in [5.74, 6) is 0.331. The molecule has 2 aromatic heterocycles. The number of anilines is 2. The van der Waals surface area contributed by atoms with E-state index in [1.807, 2.05) is 43.5 Å². The number of fused-ring (bicyclic) bond motifs is 1. The highest BCUT2D eigenvalue weighted by Gasteiger charge is 2.25. The van der Waals surface area contributed by atoms with Crippen LogP contribution in [0.2, 0.25) is 5.02 Å². The summed E-state index contributed by atoms with van der Waals surface area (Å²) in [6, 6.07) is 9.55. The molecule has 0 unspecified atom stereocenters. The van der Waals surface area contributed by atoms with Crippen molar-refractivity contribution in [2.75, 3.05) is 17.2 Å². The van der Waals surface area contributed by atoms with Gasteiger partial charge in [0.1, 0.15) is 5.00 Å². The number of halogens is 1. The van der Waals surface area contributed by atoms with Crippen LogP contribution in [0.4, 0.5) is 10.8 Å². The SMILES string of the molecule is CCOC(=O)c1c(NC(=S)Nc2ccn(Cc3ccccc3Cl)n2)sc2c1CCCCCC2. The summed E-state index contributed by atoms with van der Waals surface area (Å²) in [5, 5.41) is 12.7. The van der Waals surface area contributed by atoms with Gasteiger partial charge in [0.15, 0.2) is 10.9 Å². The Morgan fingerprint density at radius 1 is 1.18 bits per heavy atom. The number of aryl methyl sites for hydroxylation is 1. The summed E-state index contributed by atoms with van der Waals surface area (Å²) in [4.78, 5) is 14.1. The molecule has 2 N–H and O–H groups in total. The van der Waals surface area contributed by atoms with Gasteiger partial charge < -0.3 is 15.4 Å². The maximum atomic E-state index is 12.8. The van der Waals surface area contributed by atoms with Gasteiger partial charge >= 0.3 is 5.97 Å². The molecule has 0 spiro atoms. The van der Waals surface area contributed by atoms with Crippen LogP contribution in [0.1, 0.15) is 59.0 Å². The zero-order valence-electron chi connectivity index (χ0n) is 18.5. The molecule has 0 radical (unpaired) electrons. The van der Waals surface area contributed by atoms with Crippen molar-refractivity contribution in [2.45, 2.75) is 52.0 Å². The molecule has 0 saturated carbocycles. The van der Waals surface area contributed by atoms with Gasteiger partial charge in [0.25, 0.3) is 0 Å². The Morgan fingerprint density at radius 2 is 1.97 bits per heavy atom. The van der Waals surface area contributed by atoms with Crippen molar-refractivity contribution in [1.29, 1.82) is 0 Å². The van der Waals surface area contributed by atoms with Gasteiger partial charge in [-0.15, -0.1) is 11.3 Å². The molecular weight excluding hydrogens is 476 g/mol. The van der Waals surface area contributed by atoms with Crippen LogP contribution in [-0.2, 0) is 24.1 Å². The first kappa shape index (κ1) is 23.7. The Morgan fingerprint density at radius 3 is 2.76 bits per heavy atom. The smallest absolute Gasteiger partial charge is 0.341 e. The minimum Gasteiger partial charge on any atom is -0.462 e. The number of hydrogen-bond acceptors (Lipinski definition) is 5. The van der Waals surface area contributed by atoms with Crippen molar-refractivity contribution < 1.29 is 9.53 Å². The van der Waals surface area contributed by atoms with Crippen LogP contribution in [0.25, 0.3) is 0 Å². The third kappa shape index (κ3) is 5.93. The van der Waals surface area contributed by atoms with E-state index in [0.29, 0.717) is 34.7 Å². The van der Waals surface area contributed by atoms with Crippen LogP contribution in [0.3, 0.4) is 0 Å². The molecule has 6 nitrogen and oxygen atoms in total. The van der Waals surface area contributed by atoms with Crippen molar-refractivity contribution in [3.8, 4) is 0 Å². The summed E-state index contributed by atoms with van der Waals surface area (Å²) >= 11 is 13.4. The van der Waals surface area contributed by atoms with Crippen LogP contribution < -0.4 is 10.6 Å². The summed E-state index contributed by atoms with van der Waals surface area (Å²) in [6.07, 6.45) is 8.40. The molecule has 2 heterocycles. The molecular formula is C24H27ClN4O2S2. The van der Waals surface area contributed by atoms with Gasteiger partial charge in [-0.3, -0.25) is 4.68 Å². The average molecular weight is 503 g/mol. The summed E-state index contributed by atoms with van der Waals surface area (Å²) in [7, 11) is 0. The van der Waals surface area contributed by atoms with E-state index in [9.17, 15) is 4.79 Å². The van der Waals surface area contributed by atoms with Crippen molar-refractivity contribution in [2.24, 2.45) is 0 Å². The number of carbonyl (C=O) groups is 1. The van der Waals surface area contributed by atoms with Crippen molar-refractivity contribution in [3.63, 3.8) is 0 Å². The minimum atomic E-state index is -0.287. The Kier molecular flexibility index (Phi) is 8.01. The van der Waals surface area contributed by atoms with E-state index < -0.39 is 0 Å². The molecule has 9 heteroatoms. The lowest BCUT2D eigenvalue weighted by molar-refractivity contribution is 0.0526. The zero-order valence-corrected chi connectivity index (χ0v) is 20.9. The third-order valence-corrected chi connectivity index (χ3v) is 7.33. The zero-order chi connectivity index (χ0) is 23.2. The van der Waals surface area contributed by atoms with E-state index in [-0.39, 0.29) is 5.97 Å². The summed E-state index contributed by atoms with van der Waals surface area (Å²) in [6.45, 7) is 2.73. The van der Waals surface area contributed by atoms with Gasteiger partial charge in [-0.25, -0.2) is 4.79 Å². The third-order valence-electron chi connectivity index (χ3n) is 5.55. The number of ether oxygens (including phenoxy) is 1. The van der Waals surface area contributed by atoms with Gasteiger partial charge in [0.05, 0.1) is 18.7 Å². The lowest BCUT2D eigenvalue weighted by Gasteiger charge is -2.12. The molecule has 1 aliphatic rings. The molecule has 1 aliphatic carbocycles. The second-order valence-electron chi connectivity index (χ2n) is 7.91. The van der Waals surface area contributed by atoms with Crippen LogP contribution in [0.5, 0.6) is 0 Å². The first-order valence-corrected chi connectivity index (χ1v) is 12.8. The normalized spacial score (nSPS) is 13.5. The molecule has 174 valence electrons. The van der Waals surface area contributed by atoms with Gasteiger partial charge in [0, 0.05) is 22.2 Å². The van der Waals surface area contributed by atoms with Gasteiger partial charge in [-0.1, -0.05) is 42.6 Å². The Bertz CT molecular complexity index is 1140. The molecule has 0 amide bonds. The maximum Gasteiger partial charge on any atom is 0.341 e. The molecule has 33 heavy (non-hydrogen) atoms. The first-order valence-electron chi connectivity index (χ1n) is 11.2. The maximum absolute atomic E-state index is 12.8. The largest absolute Gasteiger partial charge is 0.462 e. The number of carbonyl (C=O) groups excluding carboxylic acids is 1. The number of rotatable bonds is 6. The number of hydrogen-bond donors (Lipinski definition) is 2. The van der Waals surface area contributed by atoms with Crippen molar-refractivity contribution in [3.05, 3.63) is 63.1 Å². The second kappa shape index (κ2) is 11.1. The molecule has 0 fully saturated rings. The topological polar surface area (TPSA) is 68.2 Å². The van der Waals surface area contributed by atoms with Crippen LogP contribution in [0.15, 0.2) is 36.5 Å². The van der Waals surface area contributed by atoms with Crippen LogP contribution in [-0.4, -0.2) is 27.5 Å².